The van der Waals surface area contributed by atoms with E-state index in [9.17, 15) is 22.8 Å². The Bertz CT molecular complexity index is 689. The minimum absolute atomic E-state index is 0.0178. The summed E-state index contributed by atoms with van der Waals surface area (Å²) in [6, 6.07) is 5.12. The molecule has 0 radical (unpaired) electrons. The first-order valence-corrected chi connectivity index (χ1v) is 7.67. The third-order valence-corrected chi connectivity index (χ3v) is 3.74. The lowest BCUT2D eigenvalue weighted by Gasteiger charge is -2.29. The second kappa shape index (κ2) is 7.58. The van der Waals surface area contributed by atoms with Gasteiger partial charge in [0.25, 0.3) is 11.8 Å². The molecule has 1 heterocycles. The van der Waals surface area contributed by atoms with Gasteiger partial charge in [-0.05, 0) is 24.6 Å². The molecule has 1 aliphatic rings. The van der Waals surface area contributed by atoms with Crippen LogP contribution in [0, 0.1) is 0 Å². The van der Waals surface area contributed by atoms with Gasteiger partial charge in [-0.15, -0.1) is 0 Å². The third-order valence-electron chi connectivity index (χ3n) is 3.74. The standard InChI is InChI=1S/C17H19F3N2O3/c1-21(2)15(23)11-25-14-8-4-3-7-13(14)17(19,20)16(24)22-9-5-6-12(18)10-22/h3-4,6-8H,5,9-11H2,1-2H3. The topological polar surface area (TPSA) is 49.9 Å². The van der Waals surface area contributed by atoms with Crippen molar-refractivity contribution in [3.8, 4) is 5.75 Å². The number of amides is 2. The van der Waals surface area contributed by atoms with E-state index in [1.54, 1.807) is 0 Å². The minimum atomic E-state index is -3.89. The number of halogens is 3. The van der Waals surface area contributed by atoms with Crippen LogP contribution in [0.3, 0.4) is 0 Å². The van der Waals surface area contributed by atoms with Crippen molar-refractivity contribution in [1.29, 1.82) is 0 Å². The second-order valence-electron chi connectivity index (χ2n) is 5.81. The van der Waals surface area contributed by atoms with Crippen molar-refractivity contribution >= 4 is 11.8 Å². The molecule has 136 valence electrons. The summed E-state index contributed by atoms with van der Waals surface area (Å²) in [6.07, 6.45) is 1.45. The van der Waals surface area contributed by atoms with Crippen molar-refractivity contribution in [1.82, 2.24) is 9.80 Å². The fourth-order valence-corrected chi connectivity index (χ4v) is 2.31. The SMILES string of the molecule is CN(C)C(=O)COc1ccccc1C(F)(F)C(=O)N1CCC=C(F)C1. The van der Waals surface area contributed by atoms with Gasteiger partial charge in [-0.3, -0.25) is 9.59 Å². The first-order chi connectivity index (χ1) is 11.7. The van der Waals surface area contributed by atoms with Crippen LogP contribution in [0.2, 0.25) is 0 Å². The number of rotatable bonds is 5. The fourth-order valence-electron chi connectivity index (χ4n) is 2.31. The number of ether oxygens (including phenoxy) is 1. The van der Waals surface area contributed by atoms with Crippen LogP contribution in [0.25, 0.3) is 0 Å². The number of hydrogen-bond acceptors (Lipinski definition) is 3. The number of alkyl halides is 2. The highest BCUT2D eigenvalue weighted by molar-refractivity contribution is 5.86. The molecule has 0 unspecified atom stereocenters. The van der Waals surface area contributed by atoms with E-state index in [0.717, 1.165) is 11.0 Å². The van der Waals surface area contributed by atoms with Gasteiger partial charge in [0, 0.05) is 20.6 Å². The average Bonchev–Trinajstić information content (AvgIpc) is 2.59. The molecule has 1 aliphatic heterocycles. The van der Waals surface area contributed by atoms with Gasteiger partial charge in [-0.25, -0.2) is 4.39 Å². The van der Waals surface area contributed by atoms with Gasteiger partial charge in [-0.1, -0.05) is 12.1 Å². The van der Waals surface area contributed by atoms with Crippen molar-refractivity contribution in [3.05, 3.63) is 41.7 Å². The van der Waals surface area contributed by atoms with E-state index < -0.39 is 42.3 Å². The highest BCUT2D eigenvalue weighted by Crippen LogP contribution is 2.37. The minimum Gasteiger partial charge on any atom is -0.483 e. The maximum absolute atomic E-state index is 14.7. The molecule has 0 bridgehead atoms. The molecule has 0 aromatic heterocycles. The fraction of sp³-hybridized carbons (Fsp3) is 0.412. The van der Waals surface area contributed by atoms with E-state index in [1.807, 2.05) is 0 Å². The number of nitrogens with zero attached hydrogens (tertiary/aromatic N) is 2. The van der Waals surface area contributed by atoms with E-state index >= 15 is 0 Å². The molecule has 25 heavy (non-hydrogen) atoms. The second-order valence-corrected chi connectivity index (χ2v) is 5.81. The number of carbonyl (C=O) groups excluding carboxylic acids is 2. The number of hydrogen-bond donors (Lipinski definition) is 0. The van der Waals surface area contributed by atoms with E-state index in [4.69, 9.17) is 4.74 Å². The summed E-state index contributed by atoms with van der Waals surface area (Å²) < 4.78 is 47.9. The van der Waals surface area contributed by atoms with Crippen molar-refractivity contribution in [2.45, 2.75) is 12.3 Å². The maximum Gasteiger partial charge on any atom is 0.353 e. The summed E-state index contributed by atoms with van der Waals surface area (Å²) in [5, 5.41) is 0. The van der Waals surface area contributed by atoms with Crippen molar-refractivity contribution in [2.24, 2.45) is 0 Å². The monoisotopic (exact) mass is 356 g/mol. The number of carbonyl (C=O) groups is 2. The lowest BCUT2D eigenvalue weighted by Crippen LogP contribution is -2.44. The molecule has 2 amide bonds. The molecule has 0 saturated heterocycles. The molecule has 0 atom stereocenters. The Morgan fingerprint density at radius 1 is 1.28 bits per heavy atom. The van der Waals surface area contributed by atoms with Gasteiger partial charge >= 0.3 is 5.92 Å². The van der Waals surface area contributed by atoms with Crippen LogP contribution < -0.4 is 4.74 Å². The Balaban J connectivity index is 2.22. The normalized spacial score (nSPS) is 14.8. The smallest absolute Gasteiger partial charge is 0.353 e. The third kappa shape index (κ3) is 4.32. The largest absolute Gasteiger partial charge is 0.483 e. The molecule has 5 nitrogen and oxygen atoms in total. The van der Waals surface area contributed by atoms with E-state index in [0.29, 0.717) is 0 Å². The Morgan fingerprint density at radius 2 is 1.96 bits per heavy atom. The summed E-state index contributed by atoms with van der Waals surface area (Å²) in [6.45, 7) is -0.893. The molecule has 1 aromatic rings. The quantitative estimate of drug-likeness (QED) is 0.814. The highest BCUT2D eigenvalue weighted by Gasteiger charge is 2.46. The Morgan fingerprint density at radius 3 is 2.60 bits per heavy atom. The molecule has 0 saturated carbocycles. The van der Waals surface area contributed by atoms with E-state index in [1.165, 1.54) is 43.3 Å². The predicted octanol–water partition coefficient (Wildman–Crippen LogP) is 2.33. The van der Waals surface area contributed by atoms with Crippen LogP contribution in [-0.4, -0.2) is 55.4 Å². The first kappa shape index (κ1) is 18.8. The Kier molecular flexibility index (Phi) is 5.71. The molecule has 8 heteroatoms. The first-order valence-electron chi connectivity index (χ1n) is 7.67. The molecule has 2 rings (SSSR count). The van der Waals surface area contributed by atoms with Crippen LogP contribution in [0.4, 0.5) is 13.2 Å². The highest BCUT2D eigenvalue weighted by atomic mass is 19.3. The molecular formula is C17H19F3N2O3. The van der Waals surface area contributed by atoms with Crippen LogP contribution >= 0.6 is 0 Å². The molecule has 0 N–H and O–H groups in total. The number of para-hydroxylation sites is 1. The number of likely N-dealkylation sites (N-methyl/N-ethyl adjacent to an activating group) is 1. The summed E-state index contributed by atoms with van der Waals surface area (Å²) in [4.78, 5) is 25.8. The number of benzene rings is 1. The van der Waals surface area contributed by atoms with Crippen molar-refractivity contribution < 1.29 is 27.5 Å². The Hall–Kier alpha value is -2.51. The zero-order valence-corrected chi connectivity index (χ0v) is 14.0. The van der Waals surface area contributed by atoms with Crippen LogP contribution in [-0.2, 0) is 15.5 Å². The van der Waals surface area contributed by atoms with Gasteiger partial charge in [0.15, 0.2) is 6.61 Å². The van der Waals surface area contributed by atoms with Gasteiger partial charge in [0.2, 0.25) is 0 Å². The lowest BCUT2D eigenvalue weighted by atomic mass is 10.0. The lowest BCUT2D eigenvalue weighted by molar-refractivity contribution is -0.159. The van der Waals surface area contributed by atoms with Gasteiger partial charge in [0.1, 0.15) is 11.6 Å². The van der Waals surface area contributed by atoms with E-state index in [-0.39, 0.29) is 18.7 Å². The summed E-state index contributed by atoms with van der Waals surface area (Å²) >= 11 is 0. The van der Waals surface area contributed by atoms with Crippen LogP contribution in [0.5, 0.6) is 5.75 Å². The molecule has 1 aromatic carbocycles. The summed E-state index contributed by atoms with van der Waals surface area (Å²) in [5.74, 6) is -6.67. The van der Waals surface area contributed by atoms with Crippen molar-refractivity contribution in [3.63, 3.8) is 0 Å². The van der Waals surface area contributed by atoms with Gasteiger partial charge in [-0.2, -0.15) is 8.78 Å². The summed E-state index contributed by atoms with van der Waals surface area (Å²) in [5.41, 5.74) is -0.651. The average molecular weight is 356 g/mol. The molecule has 0 fully saturated rings. The van der Waals surface area contributed by atoms with Gasteiger partial charge in [0.05, 0.1) is 12.1 Å². The van der Waals surface area contributed by atoms with Crippen molar-refractivity contribution in [2.75, 3.05) is 33.8 Å². The van der Waals surface area contributed by atoms with E-state index in [2.05, 4.69) is 0 Å². The molecule has 0 spiro atoms. The van der Waals surface area contributed by atoms with Crippen LogP contribution in [0.15, 0.2) is 36.2 Å². The van der Waals surface area contributed by atoms with Gasteiger partial charge < -0.3 is 14.5 Å². The Labute approximate surface area is 143 Å². The molecular weight excluding hydrogens is 337 g/mol. The zero-order valence-electron chi connectivity index (χ0n) is 14.0. The summed E-state index contributed by atoms with van der Waals surface area (Å²) in [7, 11) is 3.02. The molecule has 0 aliphatic carbocycles. The zero-order chi connectivity index (χ0) is 18.6. The van der Waals surface area contributed by atoms with Crippen LogP contribution in [0.1, 0.15) is 12.0 Å². The maximum atomic E-state index is 14.7. The predicted molar refractivity (Wildman–Crippen MR) is 84.9 cm³/mol.